The van der Waals surface area contributed by atoms with Gasteiger partial charge in [-0.15, -0.1) is 0 Å². The van der Waals surface area contributed by atoms with Gasteiger partial charge in [-0.25, -0.2) is 0 Å². The molecule has 19 heavy (non-hydrogen) atoms. The Bertz CT molecular complexity index is 613. The van der Waals surface area contributed by atoms with Gasteiger partial charge in [0.05, 0.1) is 24.0 Å². The second-order valence-electron chi connectivity index (χ2n) is 4.46. The average Bonchev–Trinajstić information content (AvgIpc) is 2.86. The summed E-state index contributed by atoms with van der Waals surface area (Å²) in [5, 5.41) is 13.5. The van der Waals surface area contributed by atoms with Gasteiger partial charge >= 0.3 is 0 Å². The van der Waals surface area contributed by atoms with Crippen molar-refractivity contribution in [1.82, 2.24) is 9.78 Å². The fraction of sp³-hybridized carbons (Fsp3) is 0.286. The summed E-state index contributed by atoms with van der Waals surface area (Å²) in [6.07, 6.45) is 3.53. The summed E-state index contributed by atoms with van der Waals surface area (Å²) in [5.41, 5.74) is 1.39. The Hall–Kier alpha value is -1.99. The fourth-order valence-electron chi connectivity index (χ4n) is 1.57. The maximum absolute atomic E-state index is 8.76. The lowest BCUT2D eigenvalue weighted by molar-refractivity contribution is 0.305. The van der Waals surface area contributed by atoms with Crippen LogP contribution >= 0.6 is 11.6 Å². The normalized spacial score (nSPS) is 10.5. The molecule has 0 amide bonds. The number of nitriles is 1. The van der Waals surface area contributed by atoms with E-state index in [0.29, 0.717) is 29.0 Å². The number of rotatable bonds is 4. The van der Waals surface area contributed by atoms with E-state index in [2.05, 4.69) is 5.10 Å². The highest BCUT2D eigenvalue weighted by Crippen LogP contribution is 2.20. The number of ether oxygens (including phenoxy) is 1. The predicted molar refractivity (Wildman–Crippen MR) is 73.1 cm³/mol. The molecule has 0 aliphatic carbocycles. The van der Waals surface area contributed by atoms with Crippen LogP contribution in [0.3, 0.4) is 0 Å². The summed E-state index contributed by atoms with van der Waals surface area (Å²) in [6.45, 7) is 4.46. The lowest BCUT2D eigenvalue weighted by Gasteiger charge is -2.06. The highest BCUT2D eigenvalue weighted by Gasteiger charge is 2.05. The molecule has 98 valence electrons. The van der Waals surface area contributed by atoms with Crippen molar-refractivity contribution in [3.8, 4) is 11.8 Å². The first-order valence-corrected chi connectivity index (χ1v) is 6.33. The number of hydrogen-bond donors (Lipinski definition) is 0. The van der Waals surface area contributed by atoms with E-state index >= 15 is 0 Å². The highest BCUT2D eigenvalue weighted by atomic mass is 35.5. The number of halogens is 1. The van der Waals surface area contributed by atoms with Gasteiger partial charge in [0.1, 0.15) is 6.61 Å². The Labute approximate surface area is 117 Å². The minimum atomic E-state index is 0.302. The number of hydrogen-bond acceptors (Lipinski definition) is 3. The summed E-state index contributed by atoms with van der Waals surface area (Å²) in [7, 11) is 0. The molecular formula is C14H14ClN3O. The van der Waals surface area contributed by atoms with Gasteiger partial charge in [0.2, 0.25) is 0 Å². The van der Waals surface area contributed by atoms with Crippen molar-refractivity contribution in [2.24, 2.45) is 0 Å². The van der Waals surface area contributed by atoms with E-state index in [4.69, 9.17) is 21.6 Å². The van der Waals surface area contributed by atoms with E-state index in [1.807, 2.05) is 30.8 Å². The van der Waals surface area contributed by atoms with E-state index in [9.17, 15) is 0 Å². The molecule has 0 aliphatic heterocycles. The number of benzene rings is 1. The van der Waals surface area contributed by atoms with Gasteiger partial charge in [0, 0.05) is 16.6 Å². The van der Waals surface area contributed by atoms with E-state index in [1.165, 1.54) is 0 Å². The molecule has 0 N–H and O–H groups in total. The lowest BCUT2D eigenvalue weighted by atomic mass is 10.1. The van der Waals surface area contributed by atoms with Crippen LogP contribution in [0.1, 0.15) is 31.0 Å². The van der Waals surface area contributed by atoms with Gasteiger partial charge in [-0.05, 0) is 26.0 Å². The zero-order valence-corrected chi connectivity index (χ0v) is 11.6. The van der Waals surface area contributed by atoms with E-state index in [-0.39, 0.29) is 0 Å². The summed E-state index contributed by atoms with van der Waals surface area (Å²) < 4.78 is 7.46. The summed E-state index contributed by atoms with van der Waals surface area (Å²) in [6, 6.07) is 7.51. The van der Waals surface area contributed by atoms with Gasteiger partial charge in [-0.2, -0.15) is 10.4 Å². The zero-order valence-electron chi connectivity index (χ0n) is 10.8. The minimum absolute atomic E-state index is 0.302. The minimum Gasteiger partial charge on any atom is -0.486 e. The third-order valence-electron chi connectivity index (χ3n) is 2.68. The van der Waals surface area contributed by atoms with Crippen LogP contribution in [0, 0.1) is 11.3 Å². The second kappa shape index (κ2) is 5.77. The predicted octanol–water partition coefficient (Wildman–Crippen LogP) is 3.57. The molecule has 0 radical (unpaired) electrons. The molecule has 0 unspecified atom stereocenters. The smallest absolute Gasteiger partial charge is 0.157 e. The van der Waals surface area contributed by atoms with Crippen LogP contribution in [-0.4, -0.2) is 9.78 Å². The third kappa shape index (κ3) is 3.27. The first kappa shape index (κ1) is 13.4. The van der Waals surface area contributed by atoms with Crippen LogP contribution in [0.4, 0.5) is 0 Å². The van der Waals surface area contributed by atoms with E-state index < -0.39 is 0 Å². The van der Waals surface area contributed by atoms with Crippen LogP contribution in [0.2, 0.25) is 5.02 Å². The first-order valence-electron chi connectivity index (χ1n) is 5.95. The molecular weight excluding hydrogens is 262 g/mol. The molecule has 2 rings (SSSR count). The van der Waals surface area contributed by atoms with Crippen LogP contribution in [0.15, 0.2) is 30.6 Å². The van der Waals surface area contributed by atoms with Crippen molar-refractivity contribution in [1.29, 1.82) is 5.26 Å². The van der Waals surface area contributed by atoms with Crippen molar-refractivity contribution in [3.05, 3.63) is 46.7 Å². The summed E-state index contributed by atoms with van der Waals surface area (Å²) >= 11 is 6.08. The van der Waals surface area contributed by atoms with Gasteiger partial charge in [-0.1, -0.05) is 17.7 Å². The molecule has 0 bridgehead atoms. The molecule has 0 atom stereocenters. The molecule has 0 saturated heterocycles. The summed E-state index contributed by atoms with van der Waals surface area (Å²) in [4.78, 5) is 0. The first-order chi connectivity index (χ1) is 9.10. The van der Waals surface area contributed by atoms with Crippen LogP contribution in [-0.2, 0) is 6.61 Å². The molecule has 2 aromatic rings. The maximum Gasteiger partial charge on any atom is 0.157 e. The maximum atomic E-state index is 8.76. The lowest BCUT2D eigenvalue weighted by Crippen LogP contribution is -2.00. The molecule has 1 aromatic heterocycles. The molecule has 0 saturated carbocycles. The summed E-state index contributed by atoms with van der Waals surface area (Å²) in [5.74, 6) is 0.703. The van der Waals surface area contributed by atoms with E-state index in [1.54, 1.807) is 24.4 Å². The molecule has 5 heteroatoms. The molecule has 4 nitrogen and oxygen atoms in total. The van der Waals surface area contributed by atoms with Gasteiger partial charge in [-0.3, -0.25) is 4.68 Å². The Morgan fingerprint density at radius 1 is 1.47 bits per heavy atom. The van der Waals surface area contributed by atoms with Gasteiger partial charge < -0.3 is 4.74 Å². The highest BCUT2D eigenvalue weighted by molar-refractivity contribution is 6.31. The third-order valence-corrected chi connectivity index (χ3v) is 3.04. The largest absolute Gasteiger partial charge is 0.486 e. The van der Waals surface area contributed by atoms with Crippen LogP contribution in [0.25, 0.3) is 0 Å². The monoisotopic (exact) mass is 275 g/mol. The van der Waals surface area contributed by atoms with Crippen LogP contribution in [0.5, 0.6) is 5.75 Å². The Morgan fingerprint density at radius 2 is 2.26 bits per heavy atom. The average molecular weight is 276 g/mol. The molecule has 0 aliphatic rings. The standard InChI is InChI=1S/C14H14ClN3O/c1-10(2)18-8-13(7-17-18)19-9-12-4-3-11(6-16)5-14(12)15/h3-5,7-8,10H,9H2,1-2H3. The van der Waals surface area contributed by atoms with E-state index in [0.717, 1.165) is 5.56 Å². The van der Waals surface area contributed by atoms with Crippen molar-refractivity contribution >= 4 is 11.6 Å². The number of nitrogens with zero attached hydrogens (tertiary/aromatic N) is 3. The van der Waals surface area contributed by atoms with Crippen molar-refractivity contribution in [3.63, 3.8) is 0 Å². The van der Waals surface area contributed by atoms with Crippen molar-refractivity contribution in [2.45, 2.75) is 26.5 Å². The topological polar surface area (TPSA) is 50.8 Å². The Morgan fingerprint density at radius 3 is 2.84 bits per heavy atom. The fourth-order valence-corrected chi connectivity index (χ4v) is 1.81. The quantitative estimate of drug-likeness (QED) is 0.857. The number of aromatic nitrogens is 2. The van der Waals surface area contributed by atoms with Crippen LogP contribution < -0.4 is 4.74 Å². The SMILES string of the molecule is CC(C)n1cc(OCc2ccc(C#N)cc2Cl)cn1. The van der Waals surface area contributed by atoms with Gasteiger partial charge in [0.15, 0.2) is 5.75 Å². The van der Waals surface area contributed by atoms with Gasteiger partial charge in [0.25, 0.3) is 0 Å². The Balaban J connectivity index is 2.04. The Kier molecular flexibility index (Phi) is 4.08. The molecule has 1 aromatic carbocycles. The van der Waals surface area contributed by atoms with Crippen molar-refractivity contribution in [2.75, 3.05) is 0 Å². The molecule has 0 spiro atoms. The van der Waals surface area contributed by atoms with Crippen molar-refractivity contribution < 1.29 is 4.74 Å². The second-order valence-corrected chi connectivity index (χ2v) is 4.86. The molecule has 0 fully saturated rings. The zero-order chi connectivity index (χ0) is 13.8. The molecule has 1 heterocycles.